The van der Waals surface area contributed by atoms with Crippen LogP contribution in [0.1, 0.15) is 180 Å². The number of Topliss-reactive ketones (excluding diaryl/α,β-unsaturated/α-hetero) is 6. The maximum atomic E-state index is 12.0. The maximum Gasteiger partial charge on any atom is 0.303 e. The molecule has 4 aliphatic rings. The van der Waals surface area contributed by atoms with Crippen LogP contribution < -0.4 is 28.4 Å². The highest BCUT2D eigenvalue weighted by Crippen LogP contribution is 2.37. The van der Waals surface area contributed by atoms with Gasteiger partial charge in [-0.25, -0.2) is 0 Å². The number of hydrogen-bond acceptors (Lipinski definition) is 16. The molecule has 0 radical (unpaired) electrons. The first-order chi connectivity index (χ1) is 38.3. The van der Waals surface area contributed by atoms with Crippen LogP contribution in [0.3, 0.4) is 0 Å². The van der Waals surface area contributed by atoms with Crippen molar-refractivity contribution < 1.29 is 87.2 Å². The summed E-state index contributed by atoms with van der Waals surface area (Å²) in [7, 11) is 4.61. The van der Waals surface area contributed by atoms with Crippen molar-refractivity contribution in [3.05, 3.63) is 93.0 Å². The minimum Gasteiger partial charge on any atom is -0.508 e. The molecule has 0 fully saturated rings. The number of aliphatic carboxylic acids is 2. The van der Waals surface area contributed by atoms with Crippen molar-refractivity contribution in [3.8, 4) is 46.0 Å². The number of carbonyl (C=O) groups is 8. The summed E-state index contributed by atoms with van der Waals surface area (Å²) in [6.45, 7) is 4.30. The minimum atomic E-state index is -0.859. The molecule has 0 bridgehead atoms. The van der Waals surface area contributed by atoms with Gasteiger partial charge in [-0.3, -0.25) is 28.8 Å². The second-order valence-corrected chi connectivity index (χ2v) is 20.2. The van der Waals surface area contributed by atoms with Crippen LogP contribution >= 0.6 is 15.9 Å². The molecule has 4 aromatic rings. The average molecular weight is 1180 g/mol. The maximum absolute atomic E-state index is 12.0. The van der Waals surface area contributed by atoms with Gasteiger partial charge in [-0.2, -0.15) is 0 Å². The first kappa shape index (κ1) is 65.2. The van der Waals surface area contributed by atoms with Crippen LogP contribution in [0.25, 0.3) is 0 Å². The number of carbonyl (C=O) groups excluding carboxylic acids is 6. The van der Waals surface area contributed by atoms with Gasteiger partial charge >= 0.3 is 11.9 Å². The summed E-state index contributed by atoms with van der Waals surface area (Å²) >= 11 is 3.23. The largest absolute Gasteiger partial charge is 0.508 e. The molecule has 4 aliphatic carbocycles. The monoisotopic (exact) mass is 1170 g/mol. The zero-order chi connectivity index (χ0) is 58.7. The molecule has 0 saturated carbocycles. The predicted octanol–water partition coefficient (Wildman–Crippen LogP) is 11.2. The fraction of sp³-hybridized carbons (Fsp3) is 0.475. The molecule has 4 N–H and O–H groups in total. The van der Waals surface area contributed by atoms with E-state index in [0.717, 1.165) is 85.4 Å². The van der Waals surface area contributed by atoms with Crippen molar-refractivity contribution in [1.82, 2.24) is 0 Å². The van der Waals surface area contributed by atoms with Gasteiger partial charge in [0, 0.05) is 81.0 Å². The lowest BCUT2D eigenvalue weighted by Gasteiger charge is -2.19. The summed E-state index contributed by atoms with van der Waals surface area (Å²) in [6, 6.07) is 13.5. The Bertz CT molecular complexity index is 2670. The van der Waals surface area contributed by atoms with E-state index in [0.29, 0.717) is 128 Å². The molecule has 19 heteroatoms. The van der Waals surface area contributed by atoms with E-state index in [9.17, 15) is 48.6 Å². The van der Waals surface area contributed by atoms with Gasteiger partial charge < -0.3 is 58.4 Å². The number of carboxylic acids is 2. The van der Waals surface area contributed by atoms with E-state index < -0.39 is 11.9 Å². The molecule has 0 spiro atoms. The number of phenolic OH excluding ortho intramolecular Hbond substituents is 2. The van der Waals surface area contributed by atoms with Crippen LogP contribution in [0.15, 0.2) is 48.5 Å². The molecule has 8 rings (SSSR count). The summed E-state index contributed by atoms with van der Waals surface area (Å²) in [4.78, 5) is 89.0. The topological polar surface area (TPSA) is 273 Å². The van der Waals surface area contributed by atoms with E-state index >= 15 is 0 Å². The van der Waals surface area contributed by atoms with Crippen LogP contribution in [0.2, 0.25) is 0 Å². The average Bonchev–Trinajstić information content (AvgIpc) is 3.52. The summed E-state index contributed by atoms with van der Waals surface area (Å²) in [5.41, 5.74) is 6.09. The van der Waals surface area contributed by atoms with Crippen LogP contribution in [-0.4, -0.2) is 114 Å². The molecular weight excluding hydrogens is 1100 g/mol. The van der Waals surface area contributed by atoms with E-state index in [4.69, 9.17) is 38.6 Å². The zero-order valence-corrected chi connectivity index (χ0v) is 48.1. The van der Waals surface area contributed by atoms with Gasteiger partial charge in [0.15, 0.2) is 23.1 Å². The fourth-order valence-electron chi connectivity index (χ4n) is 9.31. The van der Waals surface area contributed by atoms with E-state index in [1.807, 2.05) is 12.1 Å². The Morgan fingerprint density at radius 3 is 1.11 bits per heavy atom. The number of alkyl halides is 1. The number of aryl methyl sites for hydroxylation is 4. The minimum absolute atomic E-state index is 0.0313. The lowest BCUT2D eigenvalue weighted by Crippen LogP contribution is -2.13. The molecule has 0 unspecified atom stereocenters. The van der Waals surface area contributed by atoms with Crippen LogP contribution in [-0.2, 0) is 44.9 Å². The highest BCUT2D eigenvalue weighted by atomic mass is 79.9. The fourth-order valence-corrected chi connectivity index (χ4v) is 9.59. The van der Waals surface area contributed by atoms with Gasteiger partial charge in [-0.1, -0.05) is 15.9 Å². The Hall–Kier alpha value is -7.28. The SMILES string of the molecule is CC(=O)CCCBr.COc1cc(O)cc2c1C(=O)CCC2.COc1cc(OCCCC(=O)O)cc2c1C(=O)CCC2.COc1cc(OCCCC(C)=O)cc2c1C(=O)CCC2.O=C(O)CCCOc1cc(O)c2c(c1)CCCC2=O. The van der Waals surface area contributed by atoms with Crippen molar-refractivity contribution in [1.29, 1.82) is 0 Å². The molecule has 18 nitrogen and oxygen atoms in total. The van der Waals surface area contributed by atoms with Gasteiger partial charge in [0.1, 0.15) is 57.6 Å². The summed E-state index contributed by atoms with van der Waals surface area (Å²) in [5.74, 6) is 2.65. The van der Waals surface area contributed by atoms with Crippen LogP contribution in [0, 0.1) is 0 Å². The van der Waals surface area contributed by atoms with Crippen LogP contribution in [0.4, 0.5) is 0 Å². The van der Waals surface area contributed by atoms with Gasteiger partial charge in [-0.15, -0.1) is 0 Å². The van der Waals surface area contributed by atoms with Crippen molar-refractivity contribution >= 4 is 62.6 Å². The first-order valence-electron chi connectivity index (χ1n) is 27.0. The number of phenols is 2. The van der Waals surface area contributed by atoms with Crippen LogP contribution in [0.5, 0.6) is 46.0 Å². The van der Waals surface area contributed by atoms with E-state index in [-0.39, 0.29) is 65.6 Å². The number of ketones is 6. The third-order valence-corrected chi connectivity index (χ3v) is 13.6. The van der Waals surface area contributed by atoms with Gasteiger partial charge in [0.2, 0.25) is 0 Å². The number of carboxylic acid groups (broad SMARTS) is 2. The third-order valence-electron chi connectivity index (χ3n) is 13.0. The van der Waals surface area contributed by atoms with Gasteiger partial charge in [-0.05, 0) is 137 Å². The third kappa shape index (κ3) is 21.1. The lowest BCUT2D eigenvalue weighted by molar-refractivity contribution is -0.138. The van der Waals surface area contributed by atoms with Gasteiger partial charge in [0.05, 0.1) is 63.4 Å². The number of hydrogen-bond donors (Lipinski definition) is 4. The Balaban J connectivity index is 0.000000222. The van der Waals surface area contributed by atoms with Crippen molar-refractivity contribution in [2.75, 3.05) is 46.5 Å². The zero-order valence-electron chi connectivity index (χ0n) is 46.5. The van der Waals surface area contributed by atoms with E-state index in [1.165, 1.54) is 26.4 Å². The molecular formula is C61H75BrO18. The molecule has 4 aromatic carbocycles. The molecule has 0 heterocycles. The Morgan fingerprint density at radius 2 is 0.762 bits per heavy atom. The Labute approximate surface area is 475 Å². The number of halogens is 1. The predicted molar refractivity (Wildman–Crippen MR) is 302 cm³/mol. The number of ether oxygens (including phenoxy) is 6. The standard InChI is InChI=1S/C16H20O4.C15H18O5.C14H16O5.C11H12O3.C5H9BrO/c1-11(17)5-4-8-20-13-9-12-6-3-7-14(18)16(12)15(10-13)19-2;1-19-13-9-11(20-7-3-6-14(17)18)8-10-4-2-5-12(16)15(10)13;15-11-4-1-3-9-7-10(8-12(16)14(9)11)19-6-2-5-13(17)18;1-14-10-6-8(12)5-7-3-2-4-9(13)11(7)10;1-5(7)3-2-4-6/h9-10H,3-8H2,1-2H3;8-9H,2-7H2,1H3,(H,17,18);7-8,16H,1-6H2,(H,17,18);5-6,12H,2-4H2,1H3;2-4H2,1H3. The normalized spacial score (nSPS) is 13.6. The van der Waals surface area contributed by atoms with Crippen molar-refractivity contribution in [3.63, 3.8) is 0 Å². The Morgan fingerprint density at radius 1 is 0.438 bits per heavy atom. The second kappa shape index (κ2) is 34.0. The molecule has 0 amide bonds. The molecule has 0 aliphatic heterocycles. The number of aromatic hydroxyl groups is 2. The number of rotatable bonds is 21. The van der Waals surface area contributed by atoms with Crippen molar-refractivity contribution in [2.24, 2.45) is 0 Å². The quantitative estimate of drug-likeness (QED) is 0.0446. The molecule has 0 saturated heterocycles. The number of benzene rings is 4. The first-order valence-corrected chi connectivity index (χ1v) is 28.1. The highest BCUT2D eigenvalue weighted by Gasteiger charge is 2.26. The highest BCUT2D eigenvalue weighted by molar-refractivity contribution is 9.09. The lowest BCUT2D eigenvalue weighted by atomic mass is 9.90. The van der Waals surface area contributed by atoms with Crippen molar-refractivity contribution in [2.45, 2.75) is 142 Å². The molecule has 0 aromatic heterocycles. The smallest absolute Gasteiger partial charge is 0.303 e. The summed E-state index contributed by atoms with van der Waals surface area (Å²) in [6.07, 6.45) is 12.8. The number of fused-ring (bicyclic) bond motifs is 4. The summed E-state index contributed by atoms with van der Waals surface area (Å²) < 4.78 is 32.3. The van der Waals surface area contributed by atoms with E-state index in [1.54, 1.807) is 45.2 Å². The number of methoxy groups -OCH3 is 3. The van der Waals surface area contributed by atoms with E-state index in [2.05, 4.69) is 15.9 Å². The molecule has 80 heavy (non-hydrogen) atoms. The second-order valence-electron chi connectivity index (χ2n) is 19.4. The Kier molecular flexibility index (Phi) is 27.7. The van der Waals surface area contributed by atoms with Gasteiger partial charge in [0.25, 0.3) is 0 Å². The summed E-state index contributed by atoms with van der Waals surface area (Å²) in [5, 5.41) is 37.3. The molecule has 0 atom stereocenters. The molecule has 434 valence electrons.